The lowest BCUT2D eigenvalue weighted by molar-refractivity contribution is 0.0600. The lowest BCUT2D eigenvalue weighted by Crippen LogP contribution is -2.45. The lowest BCUT2D eigenvalue weighted by atomic mass is 9.80. The van der Waals surface area contributed by atoms with Crippen LogP contribution in [0, 0.1) is 6.92 Å². The van der Waals surface area contributed by atoms with Gasteiger partial charge in [0.05, 0.1) is 23.4 Å². The highest BCUT2D eigenvalue weighted by atomic mass is 35.5. The predicted molar refractivity (Wildman–Crippen MR) is 117 cm³/mol. The first-order chi connectivity index (χ1) is 13.2. The summed E-state index contributed by atoms with van der Waals surface area (Å²) < 4.78 is 4.84. The van der Waals surface area contributed by atoms with Gasteiger partial charge in [0, 0.05) is 30.1 Å². The van der Waals surface area contributed by atoms with E-state index in [-0.39, 0.29) is 11.5 Å². The van der Waals surface area contributed by atoms with Gasteiger partial charge in [-0.15, -0.1) is 0 Å². The van der Waals surface area contributed by atoms with Crippen LogP contribution in [0.15, 0.2) is 35.3 Å². The zero-order chi connectivity index (χ0) is 20.6. The predicted octanol–water partition coefficient (Wildman–Crippen LogP) is 5.91. The molecule has 1 aliphatic heterocycles. The third-order valence-corrected chi connectivity index (χ3v) is 6.13. The number of esters is 1. The van der Waals surface area contributed by atoms with Crippen LogP contribution in [0.1, 0.15) is 60.2 Å². The number of hydrogen-bond donors (Lipinski definition) is 0. The maximum Gasteiger partial charge on any atom is 0.338 e. The van der Waals surface area contributed by atoms with Gasteiger partial charge in [-0.3, -0.25) is 4.99 Å². The summed E-state index contributed by atoms with van der Waals surface area (Å²) in [6.07, 6.45) is 2.85. The molecule has 0 saturated carbocycles. The molecule has 4 nitrogen and oxygen atoms in total. The number of nitrogens with zero attached hydrogens (tertiary/aromatic N) is 2. The molecule has 148 valence electrons. The summed E-state index contributed by atoms with van der Waals surface area (Å²) in [4.78, 5) is 18.8. The molecule has 1 unspecified atom stereocenters. The zero-order valence-corrected chi connectivity index (χ0v) is 18.1. The van der Waals surface area contributed by atoms with E-state index in [4.69, 9.17) is 16.3 Å². The van der Waals surface area contributed by atoms with Crippen LogP contribution in [0.4, 0.5) is 11.4 Å². The van der Waals surface area contributed by atoms with Gasteiger partial charge in [-0.05, 0) is 68.5 Å². The Hall–Kier alpha value is -2.33. The van der Waals surface area contributed by atoms with Crippen LogP contribution in [-0.2, 0) is 4.74 Å². The Morgan fingerprint density at radius 3 is 2.75 bits per heavy atom. The molecule has 0 saturated heterocycles. The molecule has 0 bridgehead atoms. The van der Waals surface area contributed by atoms with Crippen LogP contribution in [-0.4, -0.2) is 31.9 Å². The molecule has 5 heteroatoms. The van der Waals surface area contributed by atoms with E-state index in [1.165, 1.54) is 18.4 Å². The van der Waals surface area contributed by atoms with E-state index in [0.717, 1.165) is 23.2 Å². The zero-order valence-electron chi connectivity index (χ0n) is 17.3. The number of anilines is 1. The van der Waals surface area contributed by atoms with Crippen molar-refractivity contribution in [2.45, 2.75) is 45.6 Å². The Morgan fingerprint density at radius 1 is 1.36 bits per heavy atom. The maximum absolute atomic E-state index is 11.9. The van der Waals surface area contributed by atoms with Crippen LogP contribution < -0.4 is 4.90 Å². The van der Waals surface area contributed by atoms with Gasteiger partial charge in [0.2, 0.25) is 0 Å². The number of halogens is 1. The number of ether oxygens (including phenoxy) is 1. The fourth-order valence-electron chi connectivity index (χ4n) is 3.94. The lowest BCUT2D eigenvalue weighted by Gasteiger charge is -2.45. The number of carbonyl (C=O) groups is 1. The van der Waals surface area contributed by atoms with Crippen LogP contribution in [0.3, 0.4) is 0 Å². The van der Waals surface area contributed by atoms with Gasteiger partial charge in [0.15, 0.2) is 0 Å². The summed E-state index contributed by atoms with van der Waals surface area (Å²) in [6.45, 7) is 8.64. The molecule has 3 rings (SSSR count). The molecule has 0 spiro atoms. The Bertz CT molecular complexity index is 950. The van der Waals surface area contributed by atoms with Crippen molar-refractivity contribution in [1.29, 1.82) is 0 Å². The van der Waals surface area contributed by atoms with Gasteiger partial charge in [-0.25, -0.2) is 4.79 Å². The van der Waals surface area contributed by atoms with E-state index in [9.17, 15) is 4.79 Å². The minimum atomic E-state index is -0.360. The summed E-state index contributed by atoms with van der Waals surface area (Å²) in [5.41, 5.74) is 5.46. The van der Waals surface area contributed by atoms with E-state index in [2.05, 4.69) is 43.8 Å². The van der Waals surface area contributed by atoms with Gasteiger partial charge in [-0.1, -0.05) is 24.6 Å². The van der Waals surface area contributed by atoms with E-state index in [0.29, 0.717) is 16.5 Å². The molecule has 0 aliphatic carbocycles. The molecular weight excluding hydrogens is 372 g/mol. The highest BCUT2D eigenvalue weighted by Gasteiger charge is 2.34. The van der Waals surface area contributed by atoms with Crippen LogP contribution in [0.2, 0.25) is 5.02 Å². The first kappa shape index (κ1) is 20.4. The van der Waals surface area contributed by atoms with Crippen LogP contribution >= 0.6 is 11.6 Å². The van der Waals surface area contributed by atoms with Crippen LogP contribution in [0.5, 0.6) is 0 Å². The molecule has 0 fully saturated rings. The molecule has 0 N–H and O–H groups in total. The fourth-order valence-corrected chi connectivity index (χ4v) is 4.14. The summed E-state index contributed by atoms with van der Waals surface area (Å²) in [5.74, 6) is 0.0795. The van der Waals surface area contributed by atoms with E-state index in [1.807, 2.05) is 19.1 Å². The number of carbonyl (C=O) groups excluding carboxylic acids is 1. The van der Waals surface area contributed by atoms with Gasteiger partial charge in [-0.2, -0.15) is 0 Å². The SMILES string of the molecule is COC(=O)c1cccc(N=Cc2cc3c(cc2Cl)N(C)C(C)(C)CC3C)c1C. The van der Waals surface area contributed by atoms with Crippen molar-refractivity contribution in [1.82, 2.24) is 0 Å². The largest absolute Gasteiger partial charge is 0.465 e. The molecule has 0 amide bonds. The highest BCUT2D eigenvalue weighted by Crippen LogP contribution is 2.44. The maximum atomic E-state index is 11.9. The molecule has 0 radical (unpaired) electrons. The third-order valence-electron chi connectivity index (χ3n) is 5.81. The van der Waals surface area contributed by atoms with Crippen molar-refractivity contribution in [3.63, 3.8) is 0 Å². The average Bonchev–Trinajstić information content (AvgIpc) is 2.65. The summed E-state index contributed by atoms with van der Waals surface area (Å²) in [6, 6.07) is 9.60. The molecule has 2 aromatic carbocycles. The molecule has 2 aromatic rings. The summed E-state index contributed by atoms with van der Waals surface area (Å²) in [7, 11) is 3.50. The van der Waals surface area contributed by atoms with E-state index < -0.39 is 0 Å². The number of aliphatic imine (C=N–C) groups is 1. The molecule has 0 aromatic heterocycles. The van der Waals surface area contributed by atoms with Crippen molar-refractivity contribution in [2.24, 2.45) is 4.99 Å². The van der Waals surface area contributed by atoms with Gasteiger partial charge >= 0.3 is 5.97 Å². The molecule has 1 atom stereocenters. The molecule has 1 aliphatic rings. The first-order valence-corrected chi connectivity index (χ1v) is 9.82. The second-order valence-electron chi connectivity index (χ2n) is 8.11. The fraction of sp³-hybridized carbons (Fsp3) is 0.391. The van der Waals surface area contributed by atoms with Crippen LogP contribution in [0.25, 0.3) is 0 Å². The molecular formula is C23H27ClN2O2. The smallest absolute Gasteiger partial charge is 0.338 e. The van der Waals surface area contributed by atoms with Crippen molar-refractivity contribution in [2.75, 3.05) is 19.1 Å². The second-order valence-corrected chi connectivity index (χ2v) is 8.52. The Balaban J connectivity index is 1.99. The number of rotatable bonds is 3. The van der Waals surface area contributed by atoms with Gasteiger partial charge in [0.25, 0.3) is 0 Å². The average molecular weight is 399 g/mol. The van der Waals surface area contributed by atoms with Crippen molar-refractivity contribution in [3.8, 4) is 0 Å². The molecule has 1 heterocycles. The second kappa shape index (κ2) is 7.59. The van der Waals surface area contributed by atoms with Crippen molar-refractivity contribution in [3.05, 3.63) is 57.6 Å². The standard InChI is InChI=1S/C23H27ClN2O2/c1-14-12-23(3,4)26(5)21-11-19(24)16(10-18(14)21)13-25-20-9-7-8-17(15(20)2)22(27)28-6/h7-11,13-14H,12H2,1-6H3. The number of methoxy groups -OCH3 is 1. The third kappa shape index (κ3) is 3.66. The van der Waals surface area contributed by atoms with Crippen molar-refractivity contribution < 1.29 is 9.53 Å². The summed E-state index contributed by atoms with van der Waals surface area (Å²) in [5, 5.41) is 0.668. The normalized spacial score (nSPS) is 18.2. The van der Waals surface area contributed by atoms with E-state index >= 15 is 0 Å². The Morgan fingerprint density at radius 2 is 2.07 bits per heavy atom. The van der Waals surface area contributed by atoms with Crippen molar-refractivity contribution >= 4 is 35.2 Å². The quantitative estimate of drug-likeness (QED) is 0.477. The minimum Gasteiger partial charge on any atom is -0.465 e. The van der Waals surface area contributed by atoms with E-state index in [1.54, 1.807) is 18.3 Å². The first-order valence-electron chi connectivity index (χ1n) is 9.45. The summed E-state index contributed by atoms with van der Waals surface area (Å²) >= 11 is 6.59. The number of fused-ring (bicyclic) bond motifs is 1. The number of benzene rings is 2. The Kier molecular flexibility index (Phi) is 5.53. The number of hydrogen-bond acceptors (Lipinski definition) is 4. The highest BCUT2D eigenvalue weighted by molar-refractivity contribution is 6.33. The Labute approximate surface area is 172 Å². The minimum absolute atomic E-state index is 0.0940. The monoisotopic (exact) mass is 398 g/mol. The van der Waals surface area contributed by atoms with Gasteiger partial charge in [0.1, 0.15) is 0 Å². The topological polar surface area (TPSA) is 41.9 Å². The van der Waals surface area contributed by atoms with Gasteiger partial charge < -0.3 is 9.64 Å². The molecule has 28 heavy (non-hydrogen) atoms.